The third-order valence-corrected chi connectivity index (χ3v) is 2.15. The quantitative estimate of drug-likeness (QED) is 0.578. The molecule has 2 aromatic rings. The SMILES string of the molecule is COc1c(B(O)O)[nH]c2ccccc12. The fourth-order valence-electron chi connectivity index (χ4n) is 1.54. The molecular formula is C9H10BNO3. The maximum atomic E-state index is 9.08. The molecular weight excluding hydrogens is 181 g/mol. The summed E-state index contributed by atoms with van der Waals surface area (Å²) in [5.41, 5.74) is 1.11. The van der Waals surface area contributed by atoms with Crippen LogP contribution in [0.1, 0.15) is 0 Å². The Morgan fingerprint density at radius 2 is 2.00 bits per heavy atom. The van der Waals surface area contributed by atoms with Gasteiger partial charge in [0.1, 0.15) is 5.75 Å². The van der Waals surface area contributed by atoms with E-state index in [1.165, 1.54) is 7.11 Å². The lowest BCUT2D eigenvalue weighted by Crippen LogP contribution is -2.32. The molecule has 14 heavy (non-hydrogen) atoms. The van der Waals surface area contributed by atoms with Gasteiger partial charge in [0, 0.05) is 10.9 Å². The fourth-order valence-corrected chi connectivity index (χ4v) is 1.54. The van der Waals surface area contributed by atoms with E-state index < -0.39 is 7.12 Å². The Bertz CT molecular complexity index is 452. The van der Waals surface area contributed by atoms with Crippen molar-refractivity contribution in [3.8, 4) is 5.75 Å². The van der Waals surface area contributed by atoms with Crippen LogP contribution in [0.25, 0.3) is 10.9 Å². The van der Waals surface area contributed by atoms with Crippen LogP contribution in [0.3, 0.4) is 0 Å². The van der Waals surface area contributed by atoms with Crippen molar-refractivity contribution in [2.24, 2.45) is 0 Å². The van der Waals surface area contributed by atoms with E-state index in [0.29, 0.717) is 5.75 Å². The summed E-state index contributed by atoms with van der Waals surface area (Å²) in [5, 5.41) is 19.0. The molecule has 1 aromatic carbocycles. The maximum absolute atomic E-state index is 9.08. The predicted octanol–water partition coefficient (Wildman–Crippen LogP) is -0.144. The van der Waals surface area contributed by atoms with Crippen LogP contribution in [0.5, 0.6) is 5.75 Å². The highest BCUT2D eigenvalue weighted by atomic mass is 16.5. The number of methoxy groups -OCH3 is 1. The van der Waals surface area contributed by atoms with Gasteiger partial charge in [0.15, 0.2) is 0 Å². The number of nitrogens with one attached hydrogen (secondary N) is 1. The first kappa shape index (κ1) is 9.11. The minimum Gasteiger partial charge on any atom is -0.495 e. The van der Waals surface area contributed by atoms with Crippen LogP contribution in [-0.2, 0) is 0 Å². The van der Waals surface area contributed by atoms with Crippen LogP contribution < -0.4 is 10.3 Å². The molecule has 0 spiro atoms. The van der Waals surface area contributed by atoms with Gasteiger partial charge in [-0.2, -0.15) is 0 Å². The molecule has 1 heterocycles. The first-order chi connectivity index (χ1) is 6.74. The lowest BCUT2D eigenvalue weighted by molar-refractivity contribution is 0.405. The zero-order valence-corrected chi connectivity index (χ0v) is 7.69. The monoisotopic (exact) mass is 191 g/mol. The molecule has 0 aliphatic carbocycles. The molecule has 0 radical (unpaired) electrons. The summed E-state index contributed by atoms with van der Waals surface area (Å²) in [6.45, 7) is 0. The van der Waals surface area contributed by atoms with E-state index in [1.807, 2.05) is 24.3 Å². The van der Waals surface area contributed by atoms with Crippen LogP contribution in [0.15, 0.2) is 24.3 Å². The molecule has 0 saturated heterocycles. The van der Waals surface area contributed by atoms with Crippen LogP contribution in [0.4, 0.5) is 0 Å². The summed E-state index contributed by atoms with van der Waals surface area (Å²) in [6, 6.07) is 7.44. The molecule has 1 aromatic heterocycles. The fraction of sp³-hybridized carbons (Fsp3) is 0.111. The van der Waals surface area contributed by atoms with Crippen molar-refractivity contribution < 1.29 is 14.8 Å². The van der Waals surface area contributed by atoms with Gasteiger partial charge >= 0.3 is 7.12 Å². The summed E-state index contributed by atoms with van der Waals surface area (Å²) in [6.07, 6.45) is 0. The summed E-state index contributed by atoms with van der Waals surface area (Å²) < 4.78 is 5.11. The molecule has 0 atom stereocenters. The number of aromatic amines is 1. The number of rotatable bonds is 2. The zero-order chi connectivity index (χ0) is 10.1. The lowest BCUT2D eigenvalue weighted by atomic mass is 9.85. The summed E-state index contributed by atoms with van der Waals surface area (Å²) in [4.78, 5) is 2.89. The van der Waals surface area contributed by atoms with Crippen LogP contribution in [-0.4, -0.2) is 29.3 Å². The normalized spacial score (nSPS) is 10.5. The molecule has 0 bridgehead atoms. The standard InChI is InChI=1S/C9H10BNO3/c1-14-8-6-4-2-3-5-7(6)11-9(8)10(12)13/h2-5,11-13H,1H3. The molecule has 0 amide bonds. The van der Waals surface area contributed by atoms with Gasteiger partial charge in [-0.05, 0) is 12.1 Å². The Morgan fingerprint density at radius 3 is 2.64 bits per heavy atom. The Kier molecular flexibility index (Phi) is 2.19. The van der Waals surface area contributed by atoms with Crippen molar-refractivity contribution >= 4 is 23.6 Å². The van der Waals surface area contributed by atoms with Gasteiger partial charge in [-0.3, -0.25) is 0 Å². The second-order valence-electron chi connectivity index (χ2n) is 2.99. The Hall–Kier alpha value is -1.46. The van der Waals surface area contributed by atoms with E-state index in [0.717, 1.165) is 10.9 Å². The Balaban J connectivity index is 2.72. The minimum atomic E-state index is -1.54. The van der Waals surface area contributed by atoms with E-state index >= 15 is 0 Å². The molecule has 0 unspecified atom stereocenters. The molecule has 72 valence electrons. The van der Waals surface area contributed by atoms with E-state index in [9.17, 15) is 0 Å². The maximum Gasteiger partial charge on any atom is 0.509 e. The summed E-state index contributed by atoms with van der Waals surface area (Å²) in [7, 11) is -0.0426. The molecule has 3 N–H and O–H groups in total. The number of H-pyrrole nitrogens is 1. The van der Waals surface area contributed by atoms with Crippen LogP contribution in [0.2, 0.25) is 0 Å². The first-order valence-electron chi connectivity index (χ1n) is 4.24. The average molecular weight is 191 g/mol. The van der Waals surface area contributed by atoms with E-state index in [-0.39, 0.29) is 5.59 Å². The van der Waals surface area contributed by atoms with Crippen molar-refractivity contribution in [1.29, 1.82) is 0 Å². The van der Waals surface area contributed by atoms with E-state index in [4.69, 9.17) is 14.8 Å². The molecule has 0 saturated carbocycles. The van der Waals surface area contributed by atoms with Gasteiger partial charge in [0.05, 0.1) is 12.7 Å². The molecule has 0 fully saturated rings. The van der Waals surface area contributed by atoms with E-state index in [1.54, 1.807) is 0 Å². The Labute approximate surface area is 81.3 Å². The number of para-hydroxylation sites is 1. The van der Waals surface area contributed by atoms with Gasteiger partial charge in [-0.15, -0.1) is 0 Å². The zero-order valence-electron chi connectivity index (χ0n) is 7.69. The van der Waals surface area contributed by atoms with Gasteiger partial charge in [0.25, 0.3) is 0 Å². The van der Waals surface area contributed by atoms with Crippen LogP contribution >= 0.6 is 0 Å². The van der Waals surface area contributed by atoms with Crippen molar-refractivity contribution in [2.75, 3.05) is 7.11 Å². The van der Waals surface area contributed by atoms with E-state index in [2.05, 4.69) is 4.98 Å². The highest BCUT2D eigenvalue weighted by molar-refractivity contribution is 6.59. The second kappa shape index (κ2) is 3.36. The van der Waals surface area contributed by atoms with Crippen molar-refractivity contribution in [2.45, 2.75) is 0 Å². The Morgan fingerprint density at radius 1 is 1.29 bits per heavy atom. The second-order valence-corrected chi connectivity index (χ2v) is 2.99. The number of hydrogen-bond donors (Lipinski definition) is 3. The molecule has 2 rings (SSSR count). The van der Waals surface area contributed by atoms with Gasteiger partial charge < -0.3 is 19.8 Å². The van der Waals surface area contributed by atoms with Gasteiger partial charge in [-0.1, -0.05) is 12.1 Å². The molecule has 5 heteroatoms. The minimum absolute atomic E-state index is 0.286. The predicted molar refractivity (Wildman–Crippen MR) is 54.7 cm³/mol. The summed E-state index contributed by atoms with van der Waals surface area (Å²) in [5.74, 6) is 0.482. The third kappa shape index (κ3) is 1.27. The first-order valence-corrected chi connectivity index (χ1v) is 4.24. The number of aromatic nitrogens is 1. The largest absolute Gasteiger partial charge is 0.509 e. The topological polar surface area (TPSA) is 65.5 Å². The van der Waals surface area contributed by atoms with Gasteiger partial charge in [-0.25, -0.2) is 0 Å². The van der Waals surface area contributed by atoms with Crippen LogP contribution in [0, 0.1) is 0 Å². The molecule has 0 aliphatic rings. The number of fused-ring (bicyclic) bond motifs is 1. The lowest BCUT2D eigenvalue weighted by Gasteiger charge is -2.00. The highest BCUT2D eigenvalue weighted by Gasteiger charge is 2.21. The van der Waals surface area contributed by atoms with Crippen molar-refractivity contribution in [1.82, 2.24) is 4.98 Å². The average Bonchev–Trinajstić information content (AvgIpc) is 2.56. The third-order valence-electron chi connectivity index (χ3n) is 2.15. The van der Waals surface area contributed by atoms with Gasteiger partial charge in [0.2, 0.25) is 0 Å². The van der Waals surface area contributed by atoms with Crippen molar-refractivity contribution in [3.05, 3.63) is 24.3 Å². The summed E-state index contributed by atoms with van der Waals surface area (Å²) >= 11 is 0. The number of benzene rings is 1. The number of ether oxygens (including phenoxy) is 1. The molecule has 4 nitrogen and oxygen atoms in total. The van der Waals surface area contributed by atoms with Crippen molar-refractivity contribution in [3.63, 3.8) is 0 Å². The molecule has 0 aliphatic heterocycles. The number of hydrogen-bond acceptors (Lipinski definition) is 3. The smallest absolute Gasteiger partial charge is 0.495 e. The highest BCUT2D eigenvalue weighted by Crippen LogP contribution is 2.22.